The van der Waals surface area contributed by atoms with Gasteiger partial charge in [0, 0.05) is 19.4 Å². The minimum atomic E-state index is -4.35. The quantitative estimate of drug-likeness (QED) is 0.0468. The van der Waals surface area contributed by atoms with Gasteiger partial charge in [0.25, 0.3) is 0 Å². The van der Waals surface area contributed by atoms with Crippen LogP contribution in [0.1, 0.15) is 130 Å². The Morgan fingerprint density at radius 2 is 1.29 bits per heavy atom. The molecule has 0 aliphatic carbocycles. The van der Waals surface area contributed by atoms with Gasteiger partial charge in [-0.3, -0.25) is 13.8 Å². The first-order chi connectivity index (χ1) is 18.0. The highest BCUT2D eigenvalue weighted by Crippen LogP contribution is 2.45. The van der Waals surface area contributed by atoms with Crippen molar-refractivity contribution in [2.24, 2.45) is 0 Å². The van der Waals surface area contributed by atoms with E-state index in [-0.39, 0.29) is 12.5 Å². The second kappa shape index (κ2) is 23.2. The van der Waals surface area contributed by atoms with Gasteiger partial charge >= 0.3 is 7.82 Å². The number of nitrogens with one attached hydrogen (secondary N) is 1. The third-order valence-corrected chi connectivity index (χ3v) is 7.59. The van der Waals surface area contributed by atoms with Crippen molar-refractivity contribution >= 4 is 13.7 Å². The molecule has 1 amide bonds. The zero-order chi connectivity index (χ0) is 28.7. The van der Waals surface area contributed by atoms with Crippen LogP contribution in [0.5, 0.6) is 0 Å². The SMILES string of the molecule is CCCCCCCCCCCC(=O)NC(OP(=O)(O)OCCC[N+](C)(C)C)C(C)OCCCCCCCC. The summed E-state index contributed by atoms with van der Waals surface area (Å²) in [5.74, 6) is -0.196. The van der Waals surface area contributed by atoms with Crippen LogP contribution in [-0.4, -0.2) is 68.5 Å². The molecular formula is C29H62N2O6P+. The van der Waals surface area contributed by atoms with Crippen molar-refractivity contribution in [1.82, 2.24) is 5.32 Å². The monoisotopic (exact) mass is 565 g/mol. The predicted octanol–water partition coefficient (Wildman–Crippen LogP) is 7.35. The average Bonchev–Trinajstić information content (AvgIpc) is 2.84. The first kappa shape index (κ1) is 37.5. The first-order valence-corrected chi connectivity index (χ1v) is 16.9. The van der Waals surface area contributed by atoms with Crippen molar-refractivity contribution in [2.75, 3.05) is 40.9 Å². The molecule has 0 aromatic rings. The lowest BCUT2D eigenvalue weighted by atomic mass is 10.1. The Labute approximate surface area is 234 Å². The summed E-state index contributed by atoms with van der Waals surface area (Å²) < 4.78 is 29.9. The fraction of sp³-hybridized carbons (Fsp3) is 0.966. The van der Waals surface area contributed by atoms with Gasteiger partial charge in [0.15, 0.2) is 6.23 Å². The Morgan fingerprint density at radius 3 is 1.82 bits per heavy atom. The van der Waals surface area contributed by atoms with Gasteiger partial charge in [0.05, 0.1) is 40.4 Å². The van der Waals surface area contributed by atoms with E-state index < -0.39 is 20.2 Å². The second-order valence-corrected chi connectivity index (χ2v) is 13.1. The summed E-state index contributed by atoms with van der Waals surface area (Å²) in [5, 5.41) is 2.78. The van der Waals surface area contributed by atoms with E-state index in [0.717, 1.165) is 43.1 Å². The third kappa shape index (κ3) is 24.5. The number of unbranched alkanes of at least 4 members (excludes halogenated alkanes) is 13. The van der Waals surface area contributed by atoms with Crippen LogP contribution in [0.4, 0.5) is 0 Å². The van der Waals surface area contributed by atoms with E-state index in [1.807, 2.05) is 0 Å². The van der Waals surface area contributed by atoms with Crippen molar-refractivity contribution in [1.29, 1.82) is 0 Å². The Kier molecular flexibility index (Phi) is 22.9. The number of carbonyl (C=O) groups excluding carboxylic acids is 1. The van der Waals surface area contributed by atoms with Crippen molar-refractivity contribution in [3.8, 4) is 0 Å². The molecule has 0 bridgehead atoms. The molecule has 0 radical (unpaired) electrons. The number of phosphoric acid groups is 1. The van der Waals surface area contributed by atoms with Crippen molar-refractivity contribution in [3.63, 3.8) is 0 Å². The molecule has 0 spiro atoms. The molecule has 0 fully saturated rings. The van der Waals surface area contributed by atoms with Crippen LogP contribution < -0.4 is 5.32 Å². The summed E-state index contributed by atoms with van der Waals surface area (Å²) in [4.78, 5) is 23.0. The minimum absolute atomic E-state index is 0.107. The van der Waals surface area contributed by atoms with Gasteiger partial charge in [-0.05, 0) is 19.8 Å². The second-order valence-electron chi connectivity index (χ2n) is 11.7. The van der Waals surface area contributed by atoms with Gasteiger partial charge < -0.3 is 19.4 Å². The Balaban J connectivity index is 4.62. The molecule has 0 aromatic heterocycles. The topological polar surface area (TPSA) is 94.1 Å². The highest BCUT2D eigenvalue weighted by Gasteiger charge is 2.31. The van der Waals surface area contributed by atoms with E-state index in [1.165, 1.54) is 64.2 Å². The van der Waals surface area contributed by atoms with E-state index in [1.54, 1.807) is 6.92 Å². The number of nitrogens with zero attached hydrogens (tertiary/aromatic N) is 1. The number of carbonyl (C=O) groups is 1. The van der Waals surface area contributed by atoms with Crippen LogP contribution in [0.15, 0.2) is 0 Å². The Bertz CT molecular complexity index is 614. The van der Waals surface area contributed by atoms with E-state index in [9.17, 15) is 14.3 Å². The minimum Gasteiger partial charge on any atom is -0.374 e. The maximum atomic E-state index is 12.6. The average molecular weight is 566 g/mol. The van der Waals surface area contributed by atoms with Gasteiger partial charge in [-0.1, -0.05) is 97.3 Å². The molecular weight excluding hydrogens is 503 g/mol. The Morgan fingerprint density at radius 1 is 0.789 bits per heavy atom. The number of hydrogen-bond acceptors (Lipinski definition) is 5. The lowest BCUT2D eigenvalue weighted by Gasteiger charge is -2.27. The summed E-state index contributed by atoms with van der Waals surface area (Å²) in [7, 11) is 1.81. The van der Waals surface area contributed by atoms with Crippen LogP contribution in [0.2, 0.25) is 0 Å². The number of rotatable bonds is 27. The Hall–Kier alpha value is -0.500. The highest BCUT2D eigenvalue weighted by molar-refractivity contribution is 7.47. The fourth-order valence-electron chi connectivity index (χ4n) is 4.19. The maximum Gasteiger partial charge on any atom is 0.474 e. The molecule has 2 N–H and O–H groups in total. The van der Waals surface area contributed by atoms with Crippen LogP contribution in [0, 0.1) is 0 Å². The van der Waals surface area contributed by atoms with Crippen LogP contribution in [0.25, 0.3) is 0 Å². The third-order valence-electron chi connectivity index (χ3n) is 6.59. The number of hydrogen-bond donors (Lipinski definition) is 2. The van der Waals surface area contributed by atoms with Gasteiger partial charge in [0.1, 0.15) is 0 Å². The van der Waals surface area contributed by atoms with Crippen molar-refractivity contribution in [2.45, 2.75) is 142 Å². The standard InChI is InChI=1S/C29H61N2O6P/c1-7-9-11-13-15-16-17-18-20-23-28(32)30-29(27(3)35-25-21-19-14-12-10-8-2)37-38(33,34)36-26-22-24-31(4,5)6/h27,29H,7-26H2,1-6H3,(H-,30,32,33,34)/p+1. The molecule has 0 heterocycles. The summed E-state index contributed by atoms with van der Waals surface area (Å²) in [6.45, 7) is 7.61. The van der Waals surface area contributed by atoms with Crippen LogP contribution in [0.3, 0.4) is 0 Å². The maximum absolute atomic E-state index is 12.6. The molecule has 3 unspecified atom stereocenters. The smallest absolute Gasteiger partial charge is 0.374 e. The molecule has 9 heteroatoms. The summed E-state index contributed by atoms with van der Waals surface area (Å²) in [6, 6.07) is 0. The van der Waals surface area contributed by atoms with E-state index in [0.29, 0.717) is 19.4 Å². The first-order valence-electron chi connectivity index (χ1n) is 15.4. The number of phosphoric ester groups is 1. The van der Waals surface area contributed by atoms with Crippen LogP contribution in [-0.2, 0) is 23.1 Å². The fourth-order valence-corrected chi connectivity index (χ4v) is 5.12. The molecule has 0 saturated carbocycles. The molecule has 228 valence electrons. The lowest BCUT2D eigenvalue weighted by Crippen LogP contribution is -2.44. The predicted molar refractivity (Wildman–Crippen MR) is 157 cm³/mol. The molecule has 0 rings (SSSR count). The normalized spacial score (nSPS) is 15.2. The molecule has 0 aliphatic heterocycles. The van der Waals surface area contributed by atoms with Crippen LogP contribution >= 0.6 is 7.82 Å². The van der Waals surface area contributed by atoms with Gasteiger partial charge in [-0.25, -0.2) is 4.57 Å². The summed E-state index contributed by atoms with van der Waals surface area (Å²) >= 11 is 0. The number of ether oxygens (including phenoxy) is 1. The summed E-state index contributed by atoms with van der Waals surface area (Å²) in [6.07, 6.45) is 16.8. The van der Waals surface area contributed by atoms with Gasteiger partial charge in [0.2, 0.25) is 5.91 Å². The zero-order valence-corrected chi connectivity index (χ0v) is 26.6. The van der Waals surface area contributed by atoms with E-state index >= 15 is 0 Å². The largest absolute Gasteiger partial charge is 0.474 e. The van der Waals surface area contributed by atoms with Gasteiger partial charge in [-0.15, -0.1) is 0 Å². The molecule has 38 heavy (non-hydrogen) atoms. The molecule has 8 nitrogen and oxygen atoms in total. The van der Waals surface area contributed by atoms with Crippen molar-refractivity contribution in [3.05, 3.63) is 0 Å². The summed E-state index contributed by atoms with van der Waals surface area (Å²) in [5.41, 5.74) is 0. The van der Waals surface area contributed by atoms with E-state index in [4.69, 9.17) is 13.8 Å². The van der Waals surface area contributed by atoms with Crippen molar-refractivity contribution < 1.29 is 32.5 Å². The van der Waals surface area contributed by atoms with Gasteiger partial charge in [-0.2, -0.15) is 0 Å². The zero-order valence-electron chi connectivity index (χ0n) is 25.7. The molecule has 0 aromatic carbocycles. The highest BCUT2D eigenvalue weighted by atomic mass is 31.2. The molecule has 3 atom stereocenters. The lowest BCUT2D eigenvalue weighted by molar-refractivity contribution is -0.870. The number of quaternary nitrogens is 1. The van der Waals surface area contributed by atoms with E-state index in [2.05, 4.69) is 40.3 Å². The molecule has 0 saturated heterocycles. The number of amides is 1. The molecule has 0 aliphatic rings.